The van der Waals surface area contributed by atoms with Gasteiger partial charge in [-0.2, -0.15) is 18.3 Å². The van der Waals surface area contributed by atoms with Crippen LogP contribution in [0.2, 0.25) is 5.15 Å². The van der Waals surface area contributed by atoms with Crippen molar-refractivity contribution in [2.45, 2.75) is 51.5 Å². The van der Waals surface area contributed by atoms with Gasteiger partial charge < -0.3 is 5.32 Å². The molecule has 2 atom stereocenters. The number of aryl methyl sites for hydroxylation is 2. The number of alkyl halides is 3. The van der Waals surface area contributed by atoms with Crippen LogP contribution in [0.15, 0.2) is 0 Å². The number of carbonyl (C=O) groups is 1. The lowest BCUT2D eigenvalue weighted by atomic mass is 9.97. The standard InChI is InChI=1S/C14H20ClF3N4O/c1-8-11(13(15)21(3)20-8)7-22-6-10(19-9(2)23)4-5-12(22)14(16,17)18/h10,12H,4-7H2,1-3H3,(H,19,23). The van der Waals surface area contributed by atoms with E-state index in [-0.39, 0.29) is 31.5 Å². The molecule has 1 amide bonds. The van der Waals surface area contributed by atoms with Gasteiger partial charge >= 0.3 is 6.18 Å². The van der Waals surface area contributed by atoms with Crippen molar-refractivity contribution >= 4 is 17.5 Å². The zero-order valence-electron chi connectivity index (χ0n) is 13.2. The number of nitrogens with one attached hydrogen (secondary N) is 1. The van der Waals surface area contributed by atoms with E-state index in [9.17, 15) is 18.0 Å². The Morgan fingerprint density at radius 3 is 2.57 bits per heavy atom. The van der Waals surface area contributed by atoms with Crippen LogP contribution in [0, 0.1) is 6.92 Å². The van der Waals surface area contributed by atoms with Crippen LogP contribution in [0.5, 0.6) is 0 Å². The molecule has 1 saturated heterocycles. The third kappa shape index (κ3) is 4.17. The van der Waals surface area contributed by atoms with Crippen LogP contribution in [0.4, 0.5) is 13.2 Å². The van der Waals surface area contributed by atoms with Crippen LogP contribution < -0.4 is 5.32 Å². The van der Waals surface area contributed by atoms with E-state index >= 15 is 0 Å². The lowest BCUT2D eigenvalue weighted by molar-refractivity contribution is -0.194. The first-order chi connectivity index (χ1) is 10.6. The van der Waals surface area contributed by atoms with Gasteiger partial charge in [0.25, 0.3) is 0 Å². The van der Waals surface area contributed by atoms with Gasteiger partial charge in [-0.05, 0) is 19.8 Å². The highest BCUT2D eigenvalue weighted by molar-refractivity contribution is 6.30. The van der Waals surface area contributed by atoms with E-state index in [2.05, 4.69) is 10.4 Å². The average Bonchev–Trinajstić information content (AvgIpc) is 2.63. The maximum absolute atomic E-state index is 13.3. The molecule has 0 spiro atoms. The first kappa shape index (κ1) is 18.1. The van der Waals surface area contributed by atoms with Crippen molar-refractivity contribution in [1.29, 1.82) is 0 Å². The van der Waals surface area contributed by atoms with E-state index in [1.807, 2.05) is 0 Å². The van der Waals surface area contributed by atoms with E-state index in [4.69, 9.17) is 11.6 Å². The SMILES string of the molecule is CC(=O)NC1CCC(C(F)(F)F)N(Cc2c(C)nn(C)c2Cl)C1. The number of hydrogen-bond donors (Lipinski definition) is 1. The number of piperidine rings is 1. The summed E-state index contributed by atoms with van der Waals surface area (Å²) in [7, 11) is 1.65. The minimum absolute atomic E-state index is 0.0502. The van der Waals surface area contributed by atoms with Crippen LogP contribution in [0.1, 0.15) is 31.0 Å². The molecule has 0 aromatic carbocycles. The maximum Gasteiger partial charge on any atom is 0.404 e. The van der Waals surface area contributed by atoms with E-state index in [0.717, 1.165) is 0 Å². The van der Waals surface area contributed by atoms with Gasteiger partial charge in [-0.15, -0.1) is 0 Å². The molecule has 5 nitrogen and oxygen atoms in total. The Hall–Kier alpha value is -1.28. The van der Waals surface area contributed by atoms with E-state index in [1.165, 1.54) is 16.5 Å². The summed E-state index contributed by atoms with van der Waals surface area (Å²) in [6.07, 6.45) is -4.06. The molecule has 1 aliphatic rings. The molecule has 9 heteroatoms. The number of likely N-dealkylation sites (tertiary alicyclic amines) is 1. The molecule has 2 unspecified atom stereocenters. The van der Waals surface area contributed by atoms with Crippen LogP contribution in [0.3, 0.4) is 0 Å². The Morgan fingerprint density at radius 1 is 1.43 bits per heavy atom. The van der Waals surface area contributed by atoms with E-state index in [0.29, 0.717) is 22.8 Å². The zero-order chi connectivity index (χ0) is 17.4. The van der Waals surface area contributed by atoms with Gasteiger partial charge in [0.15, 0.2) is 0 Å². The Balaban J connectivity index is 2.22. The molecule has 1 aromatic heterocycles. The van der Waals surface area contributed by atoms with Crippen molar-refractivity contribution in [2.24, 2.45) is 7.05 Å². The Kier molecular flexibility index (Phi) is 5.25. The molecule has 130 valence electrons. The van der Waals surface area contributed by atoms with Crippen LogP contribution in [0.25, 0.3) is 0 Å². The summed E-state index contributed by atoms with van der Waals surface area (Å²) >= 11 is 6.14. The van der Waals surface area contributed by atoms with Crippen molar-refractivity contribution in [2.75, 3.05) is 6.54 Å². The number of halogens is 4. The van der Waals surface area contributed by atoms with Crippen molar-refractivity contribution in [3.8, 4) is 0 Å². The number of amides is 1. The summed E-state index contributed by atoms with van der Waals surface area (Å²) in [6.45, 7) is 3.27. The number of nitrogens with zero attached hydrogens (tertiary/aromatic N) is 3. The topological polar surface area (TPSA) is 50.2 Å². The first-order valence-corrected chi connectivity index (χ1v) is 7.73. The smallest absolute Gasteiger partial charge is 0.352 e. The Morgan fingerprint density at radius 2 is 2.09 bits per heavy atom. The van der Waals surface area contributed by atoms with Crippen molar-refractivity contribution < 1.29 is 18.0 Å². The minimum Gasteiger partial charge on any atom is -0.352 e. The monoisotopic (exact) mass is 352 g/mol. The summed E-state index contributed by atoms with van der Waals surface area (Å²) in [5, 5.41) is 7.18. The average molecular weight is 353 g/mol. The molecule has 0 saturated carbocycles. The fourth-order valence-corrected chi connectivity index (χ4v) is 3.28. The van der Waals surface area contributed by atoms with E-state index < -0.39 is 12.2 Å². The fourth-order valence-electron chi connectivity index (χ4n) is 3.05. The summed E-state index contributed by atoms with van der Waals surface area (Å²) in [4.78, 5) is 12.5. The first-order valence-electron chi connectivity index (χ1n) is 7.35. The molecule has 1 aliphatic heterocycles. The lowest BCUT2D eigenvalue weighted by Gasteiger charge is -2.40. The van der Waals surface area contributed by atoms with Gasteiger partial charge in [0.2, 0.25) is 5.91 Å². The highest BCUT2D eigenvalue weighted by Gasteiger charge is 2.46. The summed E-state index contributed by atoms with van der Waals surface area (Å²) < 4.78 is 41.4. The molecule has 0 bridgehead atoms. The van der Waals surface area contributed by atoms with Gasteiger partial charge in [0.05, 0.1) is 5.69 Å². The summed E-state index contributed by atoms with van der Waals surface area (Å²) in [5.74, 6) is -0.240. The molecule has 2 rings (SSSR count). The highest BCUT2D eigenvalue weighted by Crippen LogP contribution is 2.34. The van der Waals surface area contributed by atoms with Gasteiger partial charge in [0.1, 0.15) is 11.2 Å². The molecule has 2 heterocycles. The third-order valence-electron chi connectivity index (χ3n) is 4.10. The third-order valence-corrected chi connectivity index (χ3v) is 4.57. The molecule has 1 N–H and O–H groups in total. The highest BCUT2D eigenvalue weighted by atomic mass is 35.5. The number of rotatable bonds is 3. The molecule has 23 heavy (non-hydrogen) atoms. The predicted octanol–water partition coefficient (Wildman–Crippen LogP) is 2.41. The van der Waals surface area contributed by atoms with E-state index in [1.54, 1.807) is 14.0 Å². The molecule has 1 aromatic rings. The number of aromatic nitrogens is 2. The molecule has 0 radical (unpaired) electrons. The number of hydrogen-bond acceptors (Lipinski definition) is 3. The second-order valence-corrected chi connectivity index (χ2v) is 6.30. The second kappa shape index (κ2) is 6.68. The van der Waals surface area contributed by atoms with Gasteiger partial charge in [0, 0.05) is 38.7 Å². The Bertz CT molecular complexity index is 587. The normalized spacial score (nSPS) is 23.1. The van der Waals surface area contributed by atoms with Crippen LogP contribution in [-0.2, 0) is 18.4 Å². The summed E-state index contributed by atoms with van der Waals surface area (Å²) in [6, 6.07) is -1.83. The van der Waals surface area contributed by atoms with Gasteiger partial charge in [-0.3, -0.25) is 14.4 Å². The lowest BCUT2D eigenvalue weighted by Crippen LogP contribution is -2.55. The molecular formula is C14H20ClF3N4O. The van der Waals surface area contributed by atoms with Crippen molar-refractivity contribution in [3.63, 3.8) is 0 Å². The van der Waals surface area contributed by atoms with Gasteiger partial charge in [-0.1, -0.05) is 11.6 Å². The zero-order valence-corrected chi connectivity index (χ0v) is 14.0. The Labute approximate surface area is 137 Å². The quantitative estimate of drug-likeness (QED) is 0.909. The van der Waals surface area contributed by atoms with Gasteiger partial charge in [-0.25, -0.2) is 0 Å². The number of carbonyl (C=O) groups excluding carboxylic acids is 1. The predicted molar refractivity (Wildman–Crippen MR) is 80.0 cm³/mol. The largest absolute Gasteiger partial charge is 0.404 e. The molecule has 1 fully saturated rings. The van der Waals surface area contributed by atoms with Crippen LogP contribution in [-0.4, -0.2) is 45.4 Å². The maximum atomic E-state index is 13.3. The minimum atomic E-state index is -4.32. The second-order valence-electron chi connectivity index (χ2n) is 5.94. The molecular weight excluding hydrogens is 333 g/mol. The van der Waals surface area contributed by atoms with Crippen molar-refractivity contribution in [1.82, 2.24) is 20.0 Å². The fraction of sp³-hybridized carbons (Fsp3) is 0.714. The van der Waals surface area contributed by atoms with Crippen LogP contribution >= 0.6 is 11.6 Å². The summed E-state index contributed by atoms with van der Waals surface area (Å²) in [5.41, 5.74) is 1.20. The molecule has 0 aliphatic carbocycles. The van der Waals surface area contributed by atoms with Crippen molar-refractivity contribution in [3.05, 3.63) is 16.4 Å².